The van der Waals surface area contributed by atoms with Gasteiger partial charge in [-0.3, -0.25) is 0 Å². The summed E-state index contributed by atoms with van der Waals surface area (Å²) in [7, 11) is 3.31. The summed E-state index contributed by atoms with van der Waals surface area (Å²) in [6.07, 6.45) is 3.65. The van der Waals surface area contributed by atoms with Crippen molar-refractivity contribution >= 4 is 5.96 Å². The summed E-state index contributed by atoms with van der Waals surface area (Å²) in [5, 5.41) is 6.61. The maximum Gasteiger partial charge on any atom is 0.191 e. The minimum atomic E-state index is 0.542. The van der Waals surface area contributed by atoms with Gasteiger partial charge in [0.05, 0.1) is 20.8 Å². The number of guanidine groups is 1. The molecule has 0 bridgehead atoms. The van der Waals surface area contributed by atoms with Crippen LogP contribution >= 0.6 is 0 Å². The molecule has 0 heterocycles. The first-order valence-corrected chi connectivity index (χ1v) is 9.07. The third-order valence-electron chi connectivity index (χ3n) is 4.05. The predicted molar refractivity (Wildman–Crippen MR) is 101 cm³/mol. The molecule has 6 nitrogen and oxygen atoms in total. The van der Waals surface area contributed by atoms with E-state index in [1.807, 2.05) is 18.2 Å². The Morgan fingerprint density at radius 3 is 2.72 bits per heavy atom. The normalized spacial score (nSPS) is 14.3. The van der Waals surface area contributed by atoms with Crippen LogP contribution in [0.25, 0.3) is 0 Å². The monoisotopic (exact) mass is 349 g/mol. The molecule has 2 rings (SSSR count). The van der Waals surface area contributed by atoms with E-state index in [0.29, 0.717) is 6.54 Å². The van der Waals surface area contributed by atoms with Crippen LogP contribution in [0.4, 0.5) is 0 Å². The Labute approximate surface area is 151 Å². The third-order valence-corrected chi connectivity index (χ3v) is 4.05. The van der Waals surface area contributed by atoms with E-state index in [-0.39, 0.29) is 0 Å². The fraction of sp³-hybridized carbons (Fsp3) is 0.632. The number of nitrogens with one attached hydrogen (secondary N) is 2. The lowest BCUT2D eigenvalue weighted by molar-refractivity contribution is 0.123. The molecule has 0 saturated heterocycles. The van der Waals surface area contributed by atoms with Crippen molar-refractivity contribution in [1.29, 1.82) is 0 Å². The molecule has 0 aliphatic heterocycles. The highest BCUT2D eigenvalue weighted by Crippen LogP contribution is 2.28. The molecule has 1 aromatic rings. The number of hydrogen-bond donors (Lipinski definition) is 2. The van der Waals surface area contributed by atoms with Crippen LogP contribution < -0.4 is 20.1 Å². The molecule has 140 valence electrons. The number of rotatable bonds is 11. The molecule has 0 atom stereocenters. The first kappa shape index (κ1) is 19.4. The fourth-order valence-corrected chi connectivity index (χ4v) is 2.40. The van der Waals surface area contributed by atoms with Crippen LogP contribution in [0, 0.1) is 5.92 Å². The van der Waals surface area contributed by atoms with Crippen molar-refractivity contribution in [3.8, 4) is 11.5 Å². The minimum Gasteiger partial charge on any atom is -0.497 e. The van der Waals surface area contributed by atoms with E-state index in [0.717, 1.165) is 61.7 Å². The van der Waals surface area contributed by atoms with E-state index in [1.165, 1.54) is 12.8 Å². The molecule has 1 aromatic carbocycles. The predicted octanol–water partition coefficient (Wildman–Crippen LogP) is 2.58. The minimum absolute atomic E-state index is 0.542. The van der Waals surface area contributed by atoms with Crippen molar-refractivity contribution in [1.82, 2.24) is 10.6 Å². The smallest absolute Gasteiger partial charge is 0.191 e. The zero-order valence-electron chi connectivity index (χ0n) is 15.6. The quantitative estimate of drug-likeness (QED) is 0.365. The lowest BCUT2D eigenvalue weighted by Crippen LogP contribution is -2.38. The Morgan fingerprint density at radius 1 is 1.20 bits per heavy atom. The largest absolute Gasteiger partial charge is 0.497 e. The van der Waals surface area contributed by atoms with Crippen molar-refractivity contribution in [3.63, 3.8) is 0 Å². The van der Waals surface area contributed by atoms with E-state index in [9.17, 15) is 0 Å². The molecular weight excluding hydrogens is 318 g/mol. The van der Waals surface area contributed by atoms with Gasteiger partial charge in [0.1, 0.15) is 11.5 Å². The number of ether oxygens (including phenoxy) is 3. The van der Waals surface area contributed by atoms with E-state index in [2.05, 4.69) is 22.5 Å². The van der Waals surface area contributed by atoms with Gasteiger partial charge in [-0.15, -0.1) is 0 Å². The molecule has 1 aliphatic carbocycles. The Balaban J connectivity index is 1.79. The highest BCUT2D eigenvalue weighted by molar-refractivity contribution is 5.79. The Hall–Kier alpha value is -1.95. The van der Waals surface area contributed by atoms with Gasteiger partial charge in [0.25, 0.3) is 0 Å². The van der Waals surface area contributed by atoms with Gasteiger partial charge < -0.3 is 24.8 Å². The lowest BCUT2D eigenvalue weighted by atomic mass is 10.2. The van der Waals surface area contributed by atoms with E-state index >= 15 is 0 Å². The molecule has 0 radical (unpaired) electrons. The van der Waals surface area contributed by atoms with Crippen molar-refractivity contribution < 1.29 is 14.2 Å². The van der Waals surface area contributed by atoms with Gasteiger partial charge in [0.2, 0.25) is 0 Å². The highest BCUT2D eigenvalue weighted by atomic mass is 16.5. The molecule has 0 unspecified atom stereocenters. The molecule has 0 aromatic heterocycles. The van der Waals surface area contributed by atoms with Crippen molar-refractivity contribution in [2.24, 2.45) is 10.9 Å². The number of benzene rings is 1. The van der Waals surface area contributed by atoms with Gasteiger partial charge in [-0.25, -0.2) is 4.99 Å². The molecule has 25 heavy (non-hydrogen) atoms. The van der Waals surface area contributed by atoms with Gasteiger partial charge in [0.15, 0.2) is 5.96 Å². The van der Waals surface area contributed by atoms with Gasteiger partial charge in [0, 0.05) is 37.9 Å². The first-order valence-electron chi connectivity index (χ1n) is 9.07. The van der Waals surface area contributed by atoms with Gasteiger partial charge in [-0.05, 0) is 44.2 Å². The third kappa shape index (κ3) is 7.22. The van der Waals surface area contributed by atoms with Gasteiger partial charge in [-0.1, -0.05) is 0 Å². The van der Waals surface area contributed by atoms with E-state index < -0.39 is 0 Å². The maximum absolute atomic E-state index is 5.65. The average Bonchev–Trinajstić information content (AvgIpc) is 3.46. The van der Waals surface area contributed by atoms with Crippen LogP contribution in [0.2, 0.25) is 0 Å². The van der Waals surface area contributed by atoms with E-state index in [4.69, 9.17) is 14.2 Å². The zero-order valence-corrected chi connectivity index (χ0v) is 15.6. The molecule has 2 N–H and O–H groups in total. The summed E-state index contributed by atoms with van der Waals surface area (Å²) in [5.74, 6) is 3.20. The van der Waals surface area contributed by atoms with Crippen LogP contribution in [-0.4, -0.2) is 46.5 Å². The van der Waals surface area contributed by atoms with Crippen LogP contribution in [0.5, 0.6) is 11.5 Å². The van der Waals surface area contributed by atoms with Crippen molar-refractivity contribution in [2.75, 3.05) is 40.5 Å². The zero-order chi connectivity index (χ0) is 17.9. The number of nitrogens with zero attached hydrogens (tertiary/aromatic N) is 1. The summed E-state index contributed by atoms with van der Waals surface area (Å²) in [6.45, 7) is 5.99. The Morgan fingerprint density at radius 2 is 2.04 bits per heavy atom. The van der Waals surface area contributed by atoms with Crippen LogP contribution in [0.1, 0.15) is 31.7 Å². The Kier molecular flexibility index (Phi) is 8.39. The summed E-state index contributed by atoms with van der Waals surface area (Å²) < 4.78 is 16.3. The Bertz CT molecular complexity index is 545. The van der Waals surface area contributed by atoms with Gasteiger partial charge in [-0.2, -0.15) is 0 Å². The van der Waals surface area contributed by atoms with Crippen LogP contribution in [-0.2, 0) is 11.3 Å². The van der Waals surface area contributed by atoms with Crippen LogP contribution in [0.15, 0.2) is 23.2 Å². The SMILES string of the molecule is CCNC(=NCc1ccc(OC)cc1OC)NCCCOCC1CC1. The summed E-state index contributed by atoms with van der Waals surface area (Å²) in [5.41, 5.74) is 1.02. The molecule has 0 amide bonds. The molecule has 6 heteroatoms. The summed E-state index contributed by atoms with van der Waals surface area (Å²) in [4.78, 5) is 4.64. The van der Waals surface area contributed by atoms with E-state index in [1.54, 1.807) is 14.2 Å². The molecule has 1 saturated carbocycles. The number of aliphatic imine (C=N–C) groups is 1. The fourth-order valence-electron chi connectivity index (χ4n) is 2.40. The second kappa shape index (κ2) is 10.8. The number of hydrogen-bond acceptors (Lipinski definition) is 4. The average molecular weight is 349 g/mol. The van der Waals surface area contributed by atoms with Crippen molar-refractivity contribution in [2.45, 2.75) is 32.7 Å². The second-order valence-electron chi connectivity index (χ2n) is 6.17. The first-order chi connectivity index (χ1) is 12.3. The molecule has 1 aliphatic rings. The standard InChI is InChI=1S/C19H31N3O3/c1-4-20-19(21-10-5-11-25-14-15-6-7-15)22-13-16-8-9-17(23-2)12-18(16)24-3/h8-9,12,15H,4-7,10-11,13-14H2,1-3H3,(H2,20,21,22). The highest BCUT2D eigenvalue weighted by Gasteiger charge is 2.20. The summed E-state index contributed by atoms with van der Waals surface area (Å²) >= 11 is 0. The van der Waals surface area contributed by atoms with Gasteiger partial charge >= 0.3 is 0 Å². The van der Waals surface area contributed by atoms with Crippen LogP contribution in [0.3, 0.4) is 0 Å². The number of methoxy groups -OCH3 is 2. The topological polar surface area (TPSA) is 64.1 Å². The molecule has 0 spiro atoms. The maximum atomic E-state index is 5.65. The summed E-state index contributed by atoms with van der Waals surface area (Å²) in [6, 6.07) is 5.78. The lowest BCUT2D eigenvalue weighted by Gasteiger charge is -2.13. The second-order valence-corrected chi connectivity index (χ2v) is 6.17. The molecule has 1 fully saturated rings. The van der Waals surface area contributed by atoms with Crippen molar-refractivity contribution in [3.05, 3.63) is 23.8 Å². The molecular formula is C19H31N3O3.